The zero-order valence-corrected chi connectivity index (χ0v) is 9.81. The summed E-state index contributed by atoms with van der Waals surface area (Å²) in [6.07, 6.45) is 1.79. The summed E-state index contributed by atoms with van der Waals surface area (Å²) in [6, 6.07) is 0.137. The number of sulfonamides is 1. The average molecular weight is 220 g/mol. The third-order valence-electron chi connectivity index (χ3n) is 2.71. The van der Waals surface area contributed by atoms with E-state index < -0.39 is 10.0 Å². The molecular formula is C9H20N2O2S. The lowest BCUT2D eigenvalue weighted by Crippen LogP contribution is -2.45. The van der Waals surface area contributed by atoms with Crippen molar-refractivity contribution in [3.8, 4) is 0 Å². The van der Waals surface area contributed by atoms with Gasteiger partial charge in [0.2, 0.25) is 10.0 Å². The van der Waals surface area contributed by atoms with Gasteiger partial charge in [-0.3, -0.25) is 0 Å². The Bertz CT molecular complexity index is 264. The van der Waals surface area contributed by atoms with E-state index >= 15 is 0 Å². The molecule has 5 heteroatoms. The molecule has 1 unspecified atom stereocenters. The second kappa shape index (κ2) is 5.09. The highest BCUT2D eigenvalue weighted by Crippen LogP contribution is 2.12. The zero-order valence-electron chi connectivity index (χ0n) is 8.99. The molecular weight excluding hydrogens is 200 g/mol. The highest BCUT2D eigenvalue weighted by atomic mass is 32.2. The van der Waals surface area contributed by atoms with E-state index in [2.05, 4.69) is 5.32 Å². The van der Waals surface area contributed by atoms with E-state index in [1.165, 1.54) is 0 Å². The van der Waals surface area contributed by atoms with E-state index in [0.717, 1.165) is 19.4 Å². The van der Waals surface area contributed by atoms with Crippen molar-refractivity contribution >= 4 is 10.0 Å². The van der Waals surface area contributed by atoms with Gasteiger partial charge in [-0.25, -0.2) is 8.42 Å². The van der Waals surface area contributed by atoms with Gasteiger partial charge >= 0.3 is 0 Å². The molecule has 0 aromatic heterocycles. The van der Waals surface area contributed by atoms with Crippen LogP contribution in [-0.4, -0.2) is 44.2 Å². The first kappa shape index (κ1) is 11.9. The van der Waals surface area contributed by atoms with Crippen LogP contribution in [0.25, 0.3) is 0 Å². The summed E-state index contributed by atoms with van der Waals surface area (Å²) < 4.78 is 25.3. The van der Waals surface area contributed by atoms with Gasteiger partial charge in [0.15, 0.2) is 0 Å². The number of hydrogen-bond acceptors (Lipinski definition) is 3. The van der Waals surface area contributed by atoms with Crippen molar-refractivity contribution in [1.82, 2.24) is 9.62 Å². The molecule has 1 fully saturated rings. The molecule has 0 saturated carbocycles. The smallest absolute Gasteiger partial charge is 0.215 e. The summed E-state index contributed by atoms with van der Waals surface area (Å²) in [4.78, 5) is 0. The van der Waals surface area contributed by atoms with Gasteiger partial charge in [0.1, 0.15) is 0 Å². The first-order valence-corrected chi connectivity index (χ1v) is 6.89. The number of hydrogen-bond donors (Lipinski definition) is 1. The van der Waals surface area contributed by atoms with Gasteiger partial charge in [-0.2, -0.15) is 4.31 Å². The van der Waals surface area contributed by atoms with Gasteiger partial charge in [0.25, 0.3) is 0 Å². The van der Waals surface area contributed by atoms with E-state index in [0.29, 0.717) is 13.1 Å². The Balaban J connectivity index is 2.75. The average Bonchev–Trinajstić information content (AvgIpc) is 2.12. The minimum absolute atomic E-state index is 0.137. The van der Waals surface area contributed by atoms with Crippen LogP contribution in [-0.2, 0) is 10.0 Å². The summed E-state index contributed by atoms with van der Waals surface area (Å²) in [5.41, 5.74) is 0. The molecule has 1 heterocycles. The van der Waals surface area contributed by atoms with Crippen LogP contribution in [0.3, 0.4) is 0 Å². The molecule has 1 rings (SSSR count). The molecule has 1 aliphatic rings. The molecule has 0 spiro atoms. The molecule has 1 aliphatic heterocycles. The number of nitrogens with zero attached hydrogens (tertiary/aromatic N) is 1. The Kier molecular flexibility index (Phi) is 4.34. The lowest BCUT2D eigenvalue weighted by atomic mass is 10.2. The minimum Gasteiger partial charge on any atom is -0.316 e. The molecule has 1 saturated heterocycles. The topological polar surface area (TPSA) is 49.4 Å². The Morgan fingerprint density at radius 3 is 2.79 bits per heavy atom. The molecule has 0 aliphatic carbocycles. The van der Waals surface area contributed by atoms with Crippen LogP contribution < -0.4 is 5.32 Å². The largest absolute Gasteiger partial charge is 0.316 e. The fraction of sp³-hybridized carbons (Fsp3) is 1.00. The van der Waals surface area contributed by atoms with Crippen LogP contribution in [0.2, 0.25) is 0 Å². The van der Waals surface area contributed by atoms with Crippen LogP contribution in [0, 0.1) is 0 Å². The van der Waals surface area contributed by atoms with Crippen molar-refractivity contribution in [3.05, 3.63) is 0 Å². The van der Waals surface area contributed by atoms with E-state index in [-0.39, 0.29) is 11.8 Å². The number of rotatable bonds is 2. The molecule has 0 aromatic rings. The molecule has 0 radical (unpaired) electrons. The first-order valence-electron chi connectivity index (χ1n) is 5.28. The summed E-state index contributed by atoms with van der Waals surface area (Å²) in [5, 5.41) is 3.11. The summed E-state index contributed by atoms with van der Waals surface area (Å²) >= 11 is 0. The summed E-state index contributed by atoms with van der Waals surface area (Å²) in [6.45, 7) is 6.16. The normalized spacial score (nSPS) is 26.4. The molecule has 0 amide bonds. The van der Waals surface area contributed by atoms with Crippen molar-refractivity contribution in [2.45, 2.75) is 32.7 Å². The maximum atomic E-state index is 11.8. The lowest BCUT2D eigenvalue weighted by molar-refractivity contribution is 0.318. The van der Waals surface area contributed by atoms with Crippen LogP contribution in [0.4, 0.5) is 0 Å². The number of nitrogens with one attached hydrogen (secondary N) is 1. The monoisotopic (exact) mass is 220 g/mol. The van der Waals surface area contributed by atoms with Gasteiger partial charge in [-0.05, 0) is 26.3 Å². The lowest BCUT2D eigenvalue weighted by Gasteiger charge is -2.29. The second-order valence-corrected chi connectivity index (χ2v) is 5.83. The summed E-state index contributed by atoms with van der Waals surface area (Å²) in [7, 11) is -3.02. The van der Waals surface area contributed by atoms with E-state index in [1.54, 1.807) is 4.31 Å². The van der Waals surface area contributed by atoms with Gasteiger partial charge < -0.3 is 5.32 Å². The molecule has 1 N–H and O–H groups in total. The standard InChI is InChI=1S/C9H20N2O2S/c1-3-9(2)11-7-4-5-10-6-8-14(11,12)13/h9-10H,3-8H2,1-2H3. The second-order valence-electron chi connectivity index (χ2n) is 3.79. The third-order valence-corrected chi connectivity index (χ3v) is 4.69. The fourth-order valence-electron chi connectivity index (χ4n) is 1.64. The fourth-order valence-corrected chi connectivity index (χ4v) is 3.38. The highest BCUT2D eigenvalue weighted by molar-refractivity contribution is 7.89. The van der Waals surface area contributed by atoms with Gasteiger partial charge in [0.05, 0.1) is 5.75 Å². The predicted molar refractivity (Wildman–Crippen MR) is 57.7 cm³/mol. The Hall–Kier alpha value is -0.130. The molecule has 0 aromatic carbocycles. The van der Waals surface area contributed by atoms with Crippen LogP contribution >= 0.6 is 0 Å². The minimum atomic E-state index is -3.02. The van der Waals surface area contributed by atoms with Crippen LogP contribution in [0.1, 0.15) is 26.7 Å². The van der Waals surface area contributed by atoms with Crippen molar-refractivity contribution in [1.29, 1.82) is 0 Å². The van der Waals surface area contributed by atoms with Gasteiger partial charge in [-0.15, -0.1) is 0 Å². The zero-order chi connectivity index (χ0) is 10.6. The van der Waals surface area contributed by atoms with E-state index in [9.17, 15) is 8.42 Å². The Labute approximate surface area is 86.7 Å². The third kappa shape index (κ3) is 2.93. The quantitative estimate of drug-likeness (QED) is 0.733. The predicted octanol–water partition coefficient (Wildman–Crippen LogP) is 0.410. The SMILES string of the molecule is CCC(C)N1CCCNCCS1(=O)=O. The summed E-state index contributed by atoms with van der Waals surface area (Å²) in [5.74, 6) is 0.233. The van der Waals surface area contributed by atoms with Gasteiger partial charge in [0, 0.05) is 19.1 Å². The molecule has 1 atom stereocenters. The molecule has 4 nitrogen and oxygen atoms in total. The molecule has 14 heavy (non-hydrogen) atoms. The van der Waals surface area contributed by atoms with Crippen molar-refractivity contribution < 1.29 is 8.42 Å². The van der Waals surface area contributed by atoms with Crippen LogP contribution in [0.5, 0.6) is 0 Å². The van der Waals surface area contributed by atoms with E-state index in [4.69, 9.17) is 0 Å². The van der Waals surface area contributed by atoms with Crippen LogP contribution in [0.15, 0.2) is 0 Å². The first-order chi connectivity index (χ1) is 6.58. The van der Waals surface area contributed by atoms with Crippen molar-refractivity contribution in [2.75, 3.05) is 25.4 Å². The molecule has 84 valence electrons. The highest BCUT2D eigenvalue weighted by Gasteiger charge is 2.26. The Morgan fingerprint density at radius 1 is 1.43 bits per heavy atom. The van der Waals surface area contributed by atoms with Crippen molar-refractivity contribution in [2.24, 2.45) is 0 Å². The van der Waals surface area contributed by atoms with Crippen molar-refractivity contribution in [3.63, 3.8) is 0 Å². The van der Waals surface area contributed by atoms with Gasteiger partial charge in [-0.1, -0.05) is 6.92 Å². The maximum absolute atomic E-state index is 11.8. The Morgan fingerprint density at radius 2 is 2.14 bits per heavy atom. The van der Waals surface area contributed by atoms with E-state index in [1.807, 2.05) is 13.8 Å². The molecule has 0 bridgehead atoms. The maximum Gasteiger partial charge on any atom is 0.215 e.